The Balaban J connectivity index is 1.72. The average Bonchev–Trinajstić information content (AvgIpc) is 2.37. The second kappa shape index (κ2) is 6.92. The van der Waals surface area contributed by atoms with E-state index in [1.807, 2.05) is 31.2 Å². The molecule has 4 heteroatoms. The van der Waals surface area contributed by atoms with Crippen molar-refractivity contribution in [2.45, 2.75) is 38.2 Å². The maximum absolute atomic E-state index is 11.9. The maximum atomic E-state index is 11.9. The Morgan fingerprint density at radius 3 is 2.63 bits per heavy atom. The van der Waals surface area contributed by atoms with Gasteiger partial charge in [0.15, 0.2) is 0 Å². The summed E-state index contributed by atoms with van der Waals surface area (Å²) in [7, 11) is 0. The van der Waals surface area contributed by atoms with Crippen LogP contribution in [0.4, 0.5) is 5.69 Å². The molecule has 0 heterocycles. The number of hydrogen-bond donors (Lipinski definition) is 1. The Labute approximate surface area is 119 Å². The molecule has 1 fully saturated rings. The summed E-state index contributed by atoms with van der Waals surface area (Å²) in [5, 5.41) is 2.92. The highest BCUT2D eigenvalue weighted by molar-refractivity contribution is 6.17. The number of hydrogen-bond acceptors (Lipinski definition) is 2. The van der Waals surface area contributed by atoms with Gasteiger partial charge in [-0.3, -0.25) is 4.79 Å². The number of amides is 1. The lowest BCUT2D eigenvalue weighted by Crippen LogP contribution is -2.33. The first kappa shape index (κ1) is 14.4. The van der Waals surface area contributed by atoms with Crippen molar-refractivity contribution < 1.29 is 9.53 Å². The van der Waals surface area contributed by atoms with E-state index in [1.165, 1.54) is 0 Å². The van der Waals surface area contributed by atoms with Gasteiger partial charge in [0.25, 0.3) is 0 Å². The molecule has 0 unspecified atom stereocenters. The van der Waals surface area contributed by atoms with Crippen molar-refractivity contribution in [1.29, 1.82) is 0 Å². The zero-order chi connectivity index (χ0) is 13.7. The normalized spacial score (nSPS) is 21.8. The van der Waals surface area contributed by atoms with Gasteiger partial charge in [0, 0.05) is 24.6 Å². The molecule has 0 aromatic heterocycles. The van der Waals surface area contributed by atoms with Crippen LogP contribution in [-0.2, 0) is 15.4 Å². The highest BCUT2D eigenvalue weighted by atomic mass is 35.5. The maximum Gasteiger partial charge on any atom is 0.224 e. The van der Waals surface area contributed by atoms with Crippen LogP contribution in [0.15, 0.2) is 24.3 Å². The second-order valence-electron chi connectivity index (χ2n) is 5.00. The van der Waals surface area contributed by atoms with E-state index < -0.39 is 0 Å². The third kappa shape index (κ3) is 4.22. The van der Waals surface area contributed by atoms with Gasteiger partial charge in [0.05, 0.1) is 6.10 Å². The number of nitrogens with one attached hydrogen (secondary N) is 1. The summed E-state index contributed by atoms with van der Waals surface area (Å²) in [6, 6.07) is 7.63. The summed E-state index contributed by atoms with van der Waals surface area (Å²) >= 11 is 5.72. The van der Waals surface area contributed by atoms with Crippen LogP contribution in [0.3, 0.4) is 0 Å². The van der Waals surface area contributed by atoms with Gasteiger partial charge in [-0.25, -0.2) is 0 Å². The summed E-state index contributed by atoms with van der Waals surface area (Å²) in [4.78, 5) is 11.9. The molecule has 1 N–H and O–H groups in total. The van der Waals surface area contributed by atoms with Crippen LogP contribution in [-0.4, -0.2) is 18.6 Å². The molecule has 0 spiro atoms. The summed E-state index contributed by atoms with van der Waals surface area (Å²) in [5.41, 5.74) is 1.89. The van der Waals surface area contributed by atoms with Gasteiger partial charge in [0.2, 0.25) is 5.91 Å². The number of carbonyl (C=O) groups excluding carboxylic acids is 1. The fourth-order valence-corrected chi connectivity index (χ4v) is 2.54. The van der Waals surface area contributed by atoms with Crippen LogP contribution in [0.2, 0.25) is 0 Å². The minimum Gasteiger partial charge on any atom is -0.378 e. The molecular weight excluding hydrogens is 262 g/mol. The Hall–Kier alpha value is -1.06. The van der Waals surface area contributed by atoms with Gasteiger partial charge >= 0.3 is 0 Å². The number of halogens is 1. The Kier molecular flexibility index (Phi) is 5.23. The first-order valence-corrected chi connectivity index (χ1v) is 7.31. The van der Waals surface area contributed by atoms with Gasteiger partial charge in [-0.1, -0.05) is 12.1 Å². The molecule has 104 valence electrons. The van der Waals surface area contributed by atoms with Gasteiger partial charge in [-0.05, 0) is 43.4 Å². The van der Waals surface area contributed by atoms with Gasteiger partial charge in [0.1, 0.15) is 0 Å². The number of anilines is 1. The zero-order valence-corrected chi connectivity index (χ0v) is 12.0. The molecule has 1 aromatic rings. The highest BCUT2D eigenvalue weighted by Crippen LogP contribution is 2.32. The van der Waals surface area contributed by atoms with E-state index in [9.17, 15) is 4.79 Å². The largest absolute Gasteiger partial charge is 0.378 e. The van der Waals surface area contributed by atoms with Crippen molar-refractivity contribution in [3.05, 3.63) is 29.8 Å². The third-order valence-corrected chi connectivity index (χ3v) is 3.77. The summed E-state index contributed by atoms with van der Waals surface area (Å²) in [6.07, 6.45) is 2.96. The molecule has 1 aromatic carbocycles. The van der Waals surface area contributed by atoms with Crippen LogP contribution >= 0.6 is 11.6 Å². The van der Waals surface area contributed by atoms with Crippen molar-refractivity contribution >= 4 is 23.2 Å². The standard InChI is InChI=1S/C15H20ClNO2/c1-2-19-14-7-12(8-14)9-15(18)17-13-5-3-11(10-16)4-6-13/h3-6,12,14H,2,7-10H2,1H3,(H,17,18). The molecule has 0 saturated heterocycles. The molecule has 1 saturated carbocycles. The lowest BCUT2D eigenvalue weighted by atomic mass is 9.80. The number of benzene rings is 1. The summed E-state index contributed by atoms with van der Waals surface area (Å²) < 4.78 is 5.49. The van der Waals surface area contributed by atoms with Crippen LogP contribution in [0, 0.1) is 5.92 Å². The van der Waals surface area contributed by atoms with Crippen LogP contribution in [0.25, 0.3) is 0 Å². The second-order valence-corrected chi connectivity index (χ2v) is 5.26. The predicted octanol–water partition coefficient (Wildman–Crippen LogP) is 3.57. The SMILES string of the molecule is CCOC1CC(CC(=O)Nc2ccc(CCl)cc2)C1. The van der Waals surface area contributed by atoms with Crippen LogP contribution in [0.5, 0.6) is 0 Å². The Morgan fingerprint density at radius 1 is 1.37 bits per heavy atom. The fourth-order valence-electron chi connectivity index (χ4n) is 2.36. The highest BCUT2D eigenvalue weighted by Gasteiger charge is 2.30. The average molecular weight is 282 g/mol. The van der Waals surface area contributed by atoms with E-state index >= 15 is 0 Å². The van der Waals surface area contributed by atoms with Crippen molar-refractivity contribution in [2.75, 3.05) is 11.9 Å². The van der Waals surface area contributed by atoms with E-state index in [1.54, 1.807) is 0 Å². The van der Waals surface area contributed by atoms with E-state index in [4.69, 9.17) is 16.3 Å². The van der Waals surface area contributed by atoms with E-state index in [0.717, 1.165) is 30.7 Å². The lowest BCUT2D eigenvalue weighted by Gasteiger charge is -2.34. The van der Waals surface area contributed by atoms with Crippen LogP contribution < -0.4 is 5.32 Å². The topological polar surface area (TPSA) is 38.3 Å². The Bertz CT molecular complexity index is 413. The van der Waals surface area contributed by atoms with Crippen molar-refractivity contribution in [3.8, 4) is 0 Å². The minimum atomic E-state index is 0.0820. The van der Waals surface area contributed by atoms with E-state index in [0.29, 0.717) is 24.3 Å². The van der Waals surface area contributed by atoms with Crippen molar-refractivity contribution in [3.63, 3.8) is 0 Å². The van der Waals surface area contributed by atoms with Crippen molar-refractivity contribution in [1.82, 2.24) is 0 Å². The molecule has 0 radical (unpaired) electrons. The molecule has 0 atom stereocenters. The van der Waals surface area contributed by atoms with Gasteiger partial charge < -0.3 is 10.1 Å². The molecule has 19 heavy (non-hydrogen) atoms. The lowest BCUT2D eigenvalue weighted by molar-refractivity contribution is -0.119. The predicted molar refractivity (Wildman–Crippen MR) is 77.4 cm³/mol. The molecule has 1 aliphatic carbocycles. The first-order chi connectivity index (χ1) is 9.21. The summed E-state index contributed by atoms with van der Waals surface area (Å²) in [5.74, 6) is 1.05. The Morgan fingerprint density at radius 2 is 2.05 bits per heavy atom. The first-order valence-electron chi connectivity index (χ1n) is 6.77. The van der Waals surface area contributed by atoms with E-state index in [2.05, 4.69) is 5.32 Å². The third-order valence-electron chi connectivity index (χ3n) is 3.46. The van der Waals surface area contributed by atoms with Gasteiger partial charge in [-0.2, -0.15) is 0 Å². The minimum absolute atomic E-state index is 0.0820. The molecule has 1 aliphatic rings. The summed E-state index contributed by atoms with van der Waals surface area (Å²) in [6.45, 7) is 2.76. The van der Waals surface area contributed by atoms with Crippen molar-refractivity contribution in [2.24, 2.45) is 5.92 Å². The van der Waals surface area contributed by atoms with Gasteiger partial charge in [-0.15, -0.1) is 11.6 Å². The fraction of sp³-hybridized carbons (Fsp3) is 0.533. The molecule has 3 nitrogen and oxygen atoms in total. The van der Waals surface area contributed by atoms with Crippen LogP contribution in [0.1, 0.15) is 31.7 Å². The zero-order valence-electron chi connectivity index (χ0n) is 11.2. The quantitative estimate of drug-likeness (QED) is 0.810. The molecule has 0 bridgehead atoms. The number of rotatable bonds is 6. The molecular formula is C15H20ClNO2. The number of alkyl halides is 1. The number of ether oxygens (including phenoxy) is 1. The smallest absolute Gasteiger partial charge is 0.224 e. The number of carbonyl (C=O) groups is 1. The monoisotopic (exact) mass is 281 g/mol. The van der Waals surface area contributed by atoms with E-state index in [-0.39, 0.29) is 5.91 Å². The molecule has 0 aliphatic heterocycles. The molecule has 2 rings (SSSR count). The molecule has 1 amide bonds.